The Labute approximate surface area is 124 Å². The predicted octanol–water partition coefficient (Wildman–Crippen LogP) is 4.53. The highest BCUT2D eigenvalue weighted by Crippen LogP contribution is 2.35. The first-order valence-electron chi connectivity index (χ1n) is 7.46. The molecule has 1 aromatic carbocycles. The maximum absolute atomic E-state index is 6.32. The number of para-hydroxylation sites is 1. The zero-order valence-corrected chi connectivity index (χ0v) is 12.9. The summed E-state index contributed by atoms with van der Waals surface area (Å²) in [6.45, 7) is 5.63. The van der Waals surface area contributed by atoms with Crippen LogP contribution in [0.2, 0.25) is 0 Å². The van der Waals surface area contributed by atoms with Gasteiger partial charge in [-0.2, -0.15) is 0 Å². The summed E-state index contributed by atoms with van der Waals surface area (Å²) in [6, 6.07) is 6.12. The van der Waals surface area contributed by atoms with Gasteiger partial charge in [-0.3, -0.25) is 0 Å². The van der Waals surface area contributed by atoms with Gasteiger partial charge in [0.25, 0.3) is 0 Å². The van der Waals surface area contributed by atoms with Crippen LogP contribution < -0.4 is 4.74 Å². The molecule has 1 fully saturated rings. The Morgan fingerprint density at radius 2 is 2.25 bits per heavy atom. The lowest BCUT2D eigenvalue weighted by Gasteiger charge is -2.10. The Morgan fingerprint density at radius 1 is 1.45 bits per heavy atom. The number of ether oxygens (including phenoxy) is 1. The first-order valence-corrected chi connectivity index (χ1v) is 7.90. The van der Waals surface area contributed by atoms with Crippen LogP contribution in [-0.4, -0.2) is 16.2 Å². The molecule has 1 saturated carbocycles. The summed E-state index contributed by atoms with van der Waals surface area (Å²) in [6.07, 6.45) is 3.98. The molecular weight excluding hydrogens is 272 g/mol. The second-order valence-electron chi connectivity index (χ2n) is 5.53. The van der Waals surface area contributed by atoms with Gasteiger partial charge < -0.3 is 9.30 Å². The molecule has 1 aliphatic carbocycles. The van der Waals surface area contributed by atoms with E-state index in [2.05, 4.69) is 10.6 Å². The largest absolute Gasteiger partial charge is 0.492 e. The molecule has 2 aromatic rings. The highest BCUT2D eigenvalue weighted by Gasteiger charge is 2.23. The highest BCUT2D eigenvalue weighted by molar-refractivity contribution is 6.20. The zero-order chi connectivity index (χ0) is 14.1. The minimum atomic E-state index is -0.0870. The van der Waals surface area contributed by atoms with Gasteiger partial charge in [-0.05, 0) is 38.3 Å². The summed E-state index contributed by atoms with van der Waals surface area (Å²) in [5.41, 5.74) is 2.08. The van der Waals surface area contributed by atoms with Crippen LogP contribution >= 0.6 is 11.6 Å². The topological polar surface area (TPSA) is 27.1 Å². The van der Waals surface area contributed by atoms with Crippen LogP contribution in [0.15, 0.2) is 18.2 Å². The molecule has 108 valence electrons. The molecule has 0 radical (unpaired) electrons. The molecule has 20 heavy (non-hydrogen) atoms. The molecule has 0 bridgehead atoms. The van der Waals surface area contributed by atoms with E-state index in [1.165, 1.54) is 19.3 Å². The van der Waals surface area contributed by atoms with E-state index >= 15 is 0 Å². The summed E-state index contributed by atoms with van der Waals surface area (Å²) < 4.78 is 7.96. The van der Waals surface area contributed by atoms with Crippen molar-refractivity contribution in [2.75, 3.05) is 6.61 Å². The maximum atomic E-state index is 6.32. The third kappa shape index (κ3) is 2.64. The van der Waals surface area contributed by atoms with E-state index in [9.17, 15) is 0 Å². The lowest BCUT2D eigenvalue weighted by Crippen LogP contribution is -2.05. The number of rotatable bonds is 6. The summed E-state index contributed by atoms with van der Waals surface area (Å²) >= 11 is 6.32. The summed E-state index contributed by atoms with van der Waals surface area (Å²) in [7, 11) is 0. The lowest BCUT2D eigenvalue weighted by atomic mass is 10.2. The van der Waals surface area contributed by atoms with Crippen molar-refractivity contribution in [2.24, 2.45) is 5.92 Å². The fraction of sp³-hybridized carbons (Fsp3) is 0.562. The van der Waals surface area contributed by atoms with Crippen molar-refractivity contribution in [1.29, 1.82) is 0 Å². The van der Waals surface area contributed by atoms with Gasteiger partial charge in [0.2, 0.25) is 0 Å². The van der Waals surface area contributed by atoms with E-state index in [-0.39, 0.29) is 5.38 Å². The van der Waals surface area contributed by atoms with Gasteiger partial charge in [-0.15, -0.1) is 11.6 Å². The fourth-order valence-corrected chi connectivity index (χ4v) is 2.83. The van der Waals surface area contributed by atoms with Crippen LogP contribution in [0.3, 0.4) is 0 Å². The first-order chi connectivity index (χ1) is 9.70. The molecule has 1 aliphatic rings. The zero-order valence-electron chi connectivity index (χ0n) is 12.1. The predicted molar refractivity (Wildman–Crippen MR) is 82.5 cm³/mol. The molecule has 0 N–H and O–H groups in total. The van der Waals surface area contributed by atoms with Crippen molar-refractivity contribution in [1.82, 2.24) is 9.55 Å². The van der Waals surface area contributed by atoms with Crippen molar-refractivity contribution in [3.8, 4) is 5.75 Å². The van der Waals surface area contributed by atoms with Crippen molar-refractivity contribution in [2.45, 2.75) is 45.0 Å². The number of halogens is 1. The SMILES string of the molecule is CCOc1cccc2c1nc(C(C)Cl)n2CCC1CC1. The molecule has 0 amide bonds. The Morgan fingerprint density at radius 3 is 2.90 bits per heavy atom. The molecule has 4 heteroatoms. The van der Waals surface area contributed by atoms with E-state index in [1.807, 2.05) is 26.0 Å². The molecule has 1 unspecified atom stereocenters. The quantitative estimate of drug-likeness (QED) is 0.731. The molecule has 3 nitrogen and oxygen atoms in total. The number of imidazole rings is 1. The van der Waals surface area contributed by atoms with Crippen molar-refractivity contribution >= 4 is 22.6 Å². The van der Waals surface area contributed by atoms with Crippen molar-refractivity contribution < 1.29 is 4.74 Å². The number of nitrogens with zero attached hydrogens (tertiary/aromatic N) is 2. The number of hydrogen-bond acceptors (Lipinski definition) is 2. The van der Waals surface area contributed by atoms with E-state index in [4.69, 9.17) is 21.3 Å². The standard InChI is InChI=1S/C16H21ClN2O/c1-3-20-14-6-4-5-13-15(14)18-16(11(2)17)19(13)10-9-12-7-8-12/h4-6,11-12H,3,7-10H2,1-2H3. The number of alkyl halides is 1. The number of hydrogen-bond donors (Lipinski definition) is 0. The van der Waals surface area contributed by atoms with E-state index < -0.39 is 0 Å². The lowest BCUT2D eigenvalue weighted by molar-refractivity contribution is 0.343. The number of aryl methyl sites for hydroxylation is 1. The Bertz CT molecular complexity index is 602. The van der Waals surface area contributed by atoms with E-state index in [1.54, 1.807) is 0 Å². The Balaban J connectivity index is 2.03. The highest BCUT2D eigenvalue weighted by atomic mass is 35.5. The third-order valence-electron chi connectivity index (χ3n) is 3.88. The monoisotopic (exact) mass is 292 g/mol. The van der Waals surface area contributed by atoms with Crippen molar-refractivity contribution in [3.63, 3.8) is 0 Å². The van der Waals surface area contributed by atoms with Gasteiger partial charge in [0, 0.05) is 6.54 Å². The molecule has 0 saturated heterocycles. The minimum absolute atomic E-state index is 0.0870. The summed E-state index contributed by atoms with van der Waals surface area (Å²) in [5, 5.41) is -0.0870. The van der Waals surface area contributed by atoms with Gasteiger partial charge in [0.15, 0.2) is 0 Å². The summed E-state index contributed by atoms with van der Waals surface area (Å²) in [4.78, 5) is 4.74. The van der Waals surface area contributed by atoms with Crippen LogP contribution in [0.5, 0.6) is 5.75 Å². The van der Waals surface area contributed by atoms with Crippen LogP contribution in [0.25, 0.3) is 11.0 Å². The number of aromatic nitrogens is 2. The summed E-state index contributed by atoms with van der Waals surface area (Å²) in [5.74, 6) is 2.71. The van der Waals surface area contributed by atoms with Gasteiger partial charge >= 0.3 is 0 Å². The second-order valence-corrected chi connectivity index (χ2v) is 6.18. The fourth-order valence-electron chi connectivity index (χ4n) is 2.67. The van der Waals surface area contributed by atoms with Gasteiger partial charge in [-0.25, -0.2) is 4.98 Å². The molecule has 1 atom stereocenters. The van der Waals surface area contributed by atoms with Crippen LogP contribution in [0.4, 0.5) is 0 Å². The van der Waals surface area contributed by atoms with Crippen molar-refractivity contribution in [3.05, 3.63) is 24.0 Å². The second kappa shape index (κ2) is 5.65. The van der Waals surface area contributed by atoms with Gasteiger partial charge in [-0.1, -0.05) is 18.9 Å². The number of fused-ring (bicyclic) bond motifs is 1. The van der Waals surface area contributed by atoms with Gasteiger partial charge in [0.1, 0.15) is 17.1 Å². The maximum Gasteiger partial charge on any atom is 0.147 e. The number of benzene rings is 1. The molecule has 1 heterocycles. The van der Waals surface area contributed by atoms with E-state index in [0.717, 1.165) is 35.1 Å². The van der Waals surface area contributed by atoms with Crippen LogP contribution in [0, 0.1) is 5.92 Å². The Hall–Kier alpha value is -1.22. The normalized spacial score (nSPS) is 16.6. The van der Waals surface area contributed by atoms with Crippen LogP contribution in [0.1, 0.15) is 44.3 Å². The van der Waals surface area contributed by atoms with Crippen LogP contribution in [-0.2, 0) is 6.54 Å². The third-order valence-corrected chi connectivity index (χ3v) is 4.08. The minimum Gasteiger partial charge on any atom is -0.492 e. The average Bonchev–Trinajstić information content (AvgIpc) is 3.17. The molecule has 1 aromatic heterocycles. The average molecular weight is 293 g/mol. The molecule has 0 spiro atoms. The van der Waals surface area contributed by atoms with E-state index in [0.29, 0.717) is 6.61 Å². The molecule has 3 rings (SSSR count). The smallest absolute Gasteiger partial charge is 0.147 e. The molecule has 0 aliphatic heterocycles. The Kier molecular flexibility index (Phi) is 3.88. The molecular formula is C16H21ClN2O. The first kappa shape index (κ1) is 13.7. The van der Waals surface area contributed by atoms with Gasteiger partial charge in [0.05, 0.1) is 17.5 Å².